The molecule has 4 nitrogen and oxygen atoms in total. The molecule has 0 radical (unpaired) electrons. The molecule has 0 amide bonds. The number of nitrogens with one attached hydrogen (secondary N) is 1. The summed E-state index contributed by atoms with van der Waals surface area (Å²) in [5, 5.41) is 3.38. The third-order valence-electron chi connectivity index (χ3n) is 6.72. The first-order valence-corrected chi connectivity index (χ1v) is 10.3. The van der Waals surface area contributed by atoms with Crippen LogP contribution in [0.25, 0.3) is 0 Å². The Morgan fingerprint density at radius 2 is 1.82 bits per heavy atom. The van der Waals surface area contributed by atoms with Crippen molar-refractivity contribution < 1.29 is 14.3 Å². The van der Waals surface area contributed by atoms with E-state index in [0.29, 0.717) is 54.1 Å². The quantitative estimate of drug-likeness (QED) is 0.780. The fourth-order valence-electron chi connectivity index (χ4n) is 5.03. The lowest BCUT2D eigenvalue weighted by molar-refractivity contribution is 0.0971. The van der Waals surface area contributed by atoms with Crippen molar-refractivity contribution in [1.82, 2.24) is 5.32 Å². The van der Waals surface area contributed by atoms with Crippen molar-refractivity contribution in [3.05, 3.63) is 64.7 Å². The van der Waals surface area contributed by atoms with Gasteiger partial charge in [-0.15, -0.1) is 0 Å². The van der Waals surface area contributed by atoms with E-state index in [1.54, 1.807) is 6.07 Å². The third kappa shape index (κ3) is 2.87. The van der Waals surface area contributed by atoms with Gasteiger partial charge in [0.15, 0.2) is 11.6 Å². The molecule has 1 saturated carbocycles. The van der Waals surface area contributed by atoms with Gasteiger partial charge in [-0.25, -0.2) is 0 Å². The van der Waals surface area contributed by atoms with Crippen LogP contribution in [-0.4, -0.2) is 31.3 Å². The van der Waals surface area contributed by atoms with Crippen LogP contribution in [0.5, 0.6) is 5.75 Å². The highest BCUT2D eigenvalue weighted by molar-refractivity contribution is 6.04. The average Bonchev–Trinajstić information content (AvgIpc) is 3.10. The van der Waals surface area contributed by atoms with E-state index in [2.05, 4.69) is 17.4 Å². The van der Waals surface area contributed by atoms with Gasteiger partial charge in [-0.05, 0) is 48.5 Å². The highest BCUT2D eigenvalue weighted by atomic mass is 16.5. The molecule has 2 fully saturated rings. The Labute approximate surface area is 165 Å². The first-order valence-electron chi connectivity index (χ1n) is 10.3. The predicted molar refractivity (Wildman–Crippen MR) is 107 cm³/mol. The second-order valence-corrected chi connectivity index (χ2v) is 8.27. The number of piperidine rings is 1. The Kier molecular flexibility index (Phi) is 4.31. The number of carbonyl (C=O) groups excluding carboxylic acids is 2. The maximum atomic E-state index is 13.1. The number of ether oxygens (including phenoxy) is 1. The highest BCUT2D eigenvalue weighted by Crippen LogP contribution is 2.51. The number of hydrogen-bond donors (Lipinski definition) is 1. The number of carbonyl (C=O) groups is 2. The van der Waals surface area contributed by atoms with Gasteiger partial charge in [-0.1, -0.05) is 37.3 Å². The van der Waals surface area contributed by atoms with Crippen LogP contribution < -0.4 is 10.1 Å². The third-order valence-corrected chi connectivity index (χ3v) is 6.72. The highest BCUT2D eigenvalue weighted by Gasteiger charge is 2.53. The van der Waals surface area contributed by atoms with Gasteiger partial charge in [-0.2, -0.15) is 0 Å². The first-order chi connectivity index (χ1) is 13.7. The molecular weight excluding hydrogens is 350 g/mol. The summed E-state index contributed by atoms with van der Waals surface area (Å²) in [4.78, 5) is 25.6. The van der Waals surface area contributed by atoms with Gasteiger partial charge in [0.1, 0.15) is 5.75 Å². The molecule has 3 aliphatic rings. The van der Waals surface area contributed by atoms with Crippen molar-refractivity contribution in [2.75, 3.05) is 19.7 Å². The minimum Gasteiger partial charge on any atom is -0.492 e. The van der Waals surface area contributed by atoms with Crippen LogP contribution in [0, 0.1) is 17.8 Å². The van der Waals surface area contributed by atoms with Gasteiger partial charge in [0, 0.05) is 29.9 Å². The molecule has 4 heteroatoms. The number of ketones is 2. The van der Waals surface area contributed by atoms with E-state index in [1.807, 2.05) is 31.2 Å². The minimum absolute atomic E-state index is 0.0344. The van der Waals surface area contributed by atoms with Crippen molar-refractivity contribution in [2.24, 2.45) is 17.8 Å². The van der Waals surface area contributed by atoms with Crippen molar-refractivity contribution in [2.45, 2.75) is 25.7 Å². The van der Waals surface area contributed by atoms with Gasteiger partial charge in [0.2, 0.25) is 0 Å². The van der Waals surface area contributed by atoms with E-state index in [-0.39, 0.29) is 17.5 Å². The van der Waals surface area contributed by atoms with Gasteiger partial charge < -0.3 is 10.1 Å². The molecule has 2 aromatic carbocycles. The van der Waals surface area contributed by atoms with Crippen molar-refractivity contribution in [3.63, 3.8) is 0 Å². The lowest BCUT2D eigenvalue weighted by Gasteiger charge is -2.13. The first kappa shape index (κ1) is 17.6. The standard InChI is InChI=1S/C24H25NO3/c1-2-22(26)18-9-15(23(27)10-16-19-11-25-12-20(16)19)8-17-21(13-28-24(17)18)14-6-4-3-5-7-14/h3-9,16,19-21,25H,2,10-13H2,1H3/t16?,19-,20+,21-/m0/s1. The molecular formula is C24H25NO3. The monoisotopic (exact) mass is 375 g/mol. The zero-order valence-corrected chi connectivity index (χ0v) is 16.1. The molecule has 5 rings (SSSR count). The number of hydrogen-bond acceptors (Lipinski definition) is 4. The van der Waals surface area contributed by atoms with E-state index in [0.717, 1.165) is 24.2 Å². The summed E-state index contributed by atoms with van der Waals surface area (Å²) in [5.41, 5.74) is 3.37. The number of benzene rings is 2. The van der Waals surface area contributed by atoms with Crippen LogP contribution >= 0.6 is 0 Å². The zero-order chi connectivity index (χ0) is 19.3. The Balaban J connectivity index is 1.50. The number of fused-ring (bicyclic) bond motifs is 2. The Morgan fingerprint density at radius 3 is 2.54 bits per heavy atom. The van der Waals surface area contributed by atoms with Crippen LogP contribution in [0.4, 0.5) is 0 Å². The van der Waals surface area contributed by atoms with E-state index >= 15 is 0 Å². The van der Waals surface area contributed by atoms with Gasteiger partial charge >= 0.3 is 0 Å². The molecule has 0 bridgehead atoms. The summed E-state index contributed by atoms with van der Waals surface area (Å²) in [6, 6.07) is 13.9. The van der Waals surface area contributed by atoms with E-state index in [4.69, 9.17) is 4.74 Å². The van der Waals surface area contributed by atoms with Crippen LogP contribution in [-0.2, 0) is 0 Å². The molecule has 1 saturated heterocycles. The van der Waals surface area contributed by atoms with Crippen LogP contribution in [0.1, 0.15) is 57.5 Å². The fourth-order valence-corrected chi connectivity index (χ4v) is 5.03. The summed E-state index contributed by atoms with van der Waals surface area (Å²) < 4.78 is 5.97. The van der Waals surface area contributed by atoms with Crippen LogP contribution in [0.3, 0.4) is 0 Å². The molecule has 0 spiro atoms. The molecule has 2 heterocycles. The van der Waals surface area contributed by atoms with Crippen molar-refractivity contribution in [3.8, 4) is 5.75 Å². The second kappa shape index (κ2) is 6.85. The maximum absolute atomic E-state index is 13.1. The minimum atomic E-state index is 0.0344. The normalized spacial score (nSPS) is 27.0. The van der Waals surface area contributed by atoms with E-state index < -0.39 is 0 Å². The molecule has 144 valence electrons. The van der Waals surface area contributed by atoms with Crippen molar-refractivity contribution >= 4 is 11.6 Å². The molecule has 28 heavy (non-hydrogen) atoms. The summed E-state index contributed by atoms with van der Waals surface area (Å²) >= 11 is 0. The Hall–Kier alpha value is -2.46. The predicted octanol–water partition coefficient (Wildman–Crippen LogP) is 3.84. The molecule has 1 N–H and O–H groups in total. The van der Waals surface area contributed by atoms with E-state index in [9.17, 15) is 9.59 Å². The fraction of sp³-hybridized carbons (Fsp3) is 0.417. The summed E-state index contributed by atoms with van der Waals surface area (Å²) in [5.74, 6) is 2.76. The molecule has 1 aliphatic carbocycles. The maximum Gasteiger partial charge on any atom is 0.166 e. The lowest BCUT2D eigenvalue weighted by Crippen LogP contribution is -2.16. The largest absolute Gasteiger partial charge is 0.492 e. The molecule has 4 atom stereocenters. The van der Waals surface area contributed by atoms with Gasteiger partial charge in [0.25, 0.3) is 0 Å². The molecule has 2 aromatic rings. The molecule has 1 unspecified atom stereocenters. The zero-order valence-electron chi connectivity index (χ0n) is 16.1. The summed E-state index contributed by atoms with van der Waals surface area (Å²) in [6.45, 7) is 4.44. The van der Waals surface area contributed by atoms with E-state index in [1.165, 1.54) is 0 Å². The summed E-state index contributed by atoms with van der Waals surface area (Å²) in [6.07, 6.45) is 0.994. The lowest BCUT2D eigenvalue weighted by atomic mass is 9.88. The van der Waals surface area contributed by atoms with Gasteiger partial charge in [-0.3, -0.25) is 9.59 Å². The Morgan fingerprint density at radius 1 is 1.07 bits per heavy atom. The SMILES string of the molecule is CCC(=O)c1cc(C(=O)CC2[C@H]3CNC[C@@H]23)cc2c1OC[C@H]2c1ccccc1. The average molecular weight is 375 g/mol. The second-order valence-electron chi connectivity index (χ2n) is 8.27. The summed E-state index contributed by atoms with van der Waals surface area (Å²) in [7, 11) is 0. The topological polar surface area (TPSA) is 55.4 Å². The van der Waals surface area contributed by atoms with Crippen LogP contribution in [0.15, 0.2) is 42.5 Å². The Bertz CT molecular complexity index is 926. The smallest absolute Gasteiger partial charge is 0.166 e. The van der Waals surface area contributed by atoms with Gasteiger partial charge in [0.05, 0.1) is 12.2 Å². The number of rotatable bonds is 6. The molecule has 2 aliphatic heterocycles. The number of Topliss-reactive ketones (excluding diaryl/α,β-unsaturated/α-hetero) is 2. The molecule has 0 aromatic heterocycles. The van der Waals surface area contributed by atoms with Crippen LogP contribution in [0.2, 0.25) is 0 Å². The van der Waals surface area contributed by atoms with Crippen molar-refractivity contribution in [1.29, 1.82) is 0 Å².